The number of rotatable bonds is 2. The molecule has 0 saturated carbocycles. The maximum absolute atomic E-state index is 12.2. The molecule has 15 heavy (non-hydrogen) atoms. The highest BCUT2D eigenvalue weighted by molar-refractivity contribution is 5.73. The Kier molecular flexibility index (Phi) is 4.18. The van der Waals surface area contributed by atoms with E-state index in [1.54, 1.807) is 20.8 Å². The molecule has 2 N–H and O–H groups in total. The van der Waals surface area contributed by atoms with E-state index in [-0.39, 0.29) is 0 Å². The fraction of sp³-hybridized carbons (Fsp3) is 0.667. The van der Waals surface area contributed by atoms with Crippen LogP contribution in [0.4, 0.5) is 13.2 Å². The van der Waals surface area contributed by atoms with Gasteiger partial charge in [0.25, 0.3) is 0 Å². The van der Waals surface area contributed by atoms with E-state index < -0.39 is 29.7 Å². The Morgan fingerprint density at radius 3 is 2.07 bits per heavy atom. The summed E-state index contributed by atoms with van der Waals surface area (Å²) in [7, 11) is 0. The summed E-state index contributed by atoms with van der Waals surface area (Å²) < 4.78 is 41.2. The SMILES string of the molecule is CC(C)(C)OC(=O)C/C(=C\N)C(F)(F)F. The van der Waals surface area contributed by atoms with Crippen LogP contribution < -0.4 is 5.73 Å². The highest BCUT2D eigenvalue weighted by atomic mass is 19.4. The monoisotopic (exact) mass is 225 g/mol. The van der Waals surface area contributed by atoms with Crippen LogP contribution in [0.3, 0.4) is 0 Å². The number of nitrogens with two attached hydrogens (primary N) is 1. The van der Waals surface area contributed by atoms with E-state index in [0.29, 0.717) is 6.20 Å². The number of halogens is 3. The van der Waals surface area contributed by atoms with E-state index in [1.165, 1.54) is 0 Å². The summed E-state index contributed by atoms with van der Waals surface area (Å²) in [5, 5.41) is 0. The molecule has 0 aliphatic heterocycles. The molecule has 0 aliphatic carbocycles. The quantitative estimate of drug-likeness (QED) is 0.732. The number of alkyl halides is 3. The van der Waals surface area contributed by atoms with Crippen molar-refractivity contribution >= 4 is 5.97 Å². The Balaban J connectivity index is 4.42. The second-order valence-corrected chi connectivity index (χ2v) is 3.95. The average Bonchev–Trinajstić information content (AvgIpc) is 1.94. The summed E-state index contributed by atoms with van der Waals surface area (Å²) in [6.45, 7) is 4.72. The minimum atomic E-state index is -4.59. The number of esters is 1. The molecule has 0 aromatic heterocycles. The van der Waals surface area contributed by atoms with Crippen LogP contribution in [0.5, 0.6) is 0 Å². The molecule has 0 radical (unpaired) electrons. The van der Waals surface area contributed by atoms with Gasteiger partial charge in [-0.15, -0.1) is 0 Å². The highest BCUT2D eigenvalue weighted by Gasteiger charge is 2.35. The fourth-order valence-electron chi connectivity index (χ4n) is 0.787. The first-order chi connectivity index (χ1) is 6.56. The van der Waals surface area contributed by atoms with E-state index in [4.69, 9.17) is 10.5 Å². The van der Waals surface area contributed by atoms with Gasteiger partial charge in [-0.3, -0.25) is 4.79 Å². The Hall–Kier alpha value is -1.20. The average molecular weight is 225 g/mol. The summed E-state index contributed by atoms with van der Waals surface area (Å²) in [5.74, 6) is -0.948. The van der Waals surface area contributed by atoms with Crippen molar-refractivity contribution in [1.29, 1.82) is 0 Å². The molecule has 0 heterocycles. The van der Waals surface area contributed by atoms with Gasteiger partial charge in [-0.05, 0) is 20.8 Å². The smallest absolute Gasteiger partial charge is 0.414 e. The third-order valence-electron chi connectivity index (χ3n) is 1.32. The molecular weight excluding hydrogens is 211 g/mol. The molecule has 0 unspecified atom stereocenters. The zero-order chi connectivity index (χ0) is 12.3. The van der Waals surface area contributed by atoms with Gasteiger partial charge in [-0.2, -0.15) is 13.2 Å². The van der Waals surface area contributed by atoms with Gasteiger partial charge in [0.1, 0.15) is 5.60 Å². The third kappa shape index (κ3) is 5.98. The van der Waals surface area contributed by atoms with Crippen LogP contribution in [-0.4, -0.2) is 17.7 Å². The predicted octanol–water partition coefficient (Wildman–Crippen LogP) is 2.12. The molecule has 88 valence electrons. The third-order valence-corrected chi connectivity index (χ3v) is 1.32. The fourth-order valence-corrected chi connectivity index (χ4v) is 0.787. The molecule has 0 atom stereocenters. The lowest BCUT2D eigenvalue weighted by atomic mass is 10.1. The first-order valence-corrected chi connectivity index (χ1v) is 4.26. The summed E-state index contributed by atoms with van der Waals surface area (Å²) in [4.78, 5) is 11.1. The lowest BCUT2D eigenvalue weighted by molar-refractivity contribution is -0.156. The van der Waals surface area contributed by atoms with E-state index in [2.05, 4.69) is 0 Å². The molecule has 0 aromatic carbocycles. The zero-order valence-electron chi connectivity index (χ0n) is 8.81. The van der Waals surface area contributed by atoms with E-state index in [9.17, 15) is 18.0 Å². The molecular formula is C9H14F3NO2. The Morgan fingerprint density at radius 1 is 1.33 bits per heavy atom. The lowest BCUT2D eigenvalue weighted by Crippen LogP contribution is -2.26. The standard InChI is InChI=1S/C9H14F3NO2/c1-8(2,3)15-7(14)4-6(5-13)9(10,11)12/h5H,4,13H2,1-3H3/b6-5+. The number of carbonyl (C=O) groups excluding carboxylic acids is 1. The summed E-state index contributed by atoms with van der Waals surface area (Å²) in [5.41, 5.74) is 2.88. The minimum absolute atomic E-state index is 0.379. The Morgan fingerprint density at radius 2 is 1.80 bits per heavy atom. The van der Waals surface area contributed by atoms with Crippen molar-refractivity contribution in [3.8, 4) is 0 Å². The van der Waals surface area contributed by atoms with Gasteiger partial charge in [0.2, 0.25) is 0 Å². The van der Waals surface area contributed by atoms with Crippen molar-refractivity contribution in [1.82, 2.24) is 0 Å². The van der Waals surface area contributed by atoms with Crippen LogP contribution in [0.1, 0.15) is 27.2 Å². The maximum atomic E-state index is 12.2. The van der Waals surface area contributed by atoms with Crippen molar-refractivity contribution in [3.63, 3.8) is 0 Å². The predicted molar refractivity (Wildman–Crippen MR) is 48.8 cm³/mol. The Bertz CT molecular complexity index is 264. The Labute approximate surface area is 86.1 Å². The zero-order valence-corrected chi connectivity index (χ0v) is 8.81. The lowest BCUT2D eigenvalue weighted by Gasteiger charge is -2.20. The molecule has 0 aromatic rings. The van der Waals surface area contributed by atoms with Gasteiger partial charge in [0, 0.05) is 6.20 Å². The molecule has 0 fully saturated rings. The molecule has 0 bridgehead atoms. The molecule has 6 heteroatoms. The van der Waals surface area contributed by atoms with Crippen molar-refractivity contribution in [3.05, 3.63) is 11.8 Å². The molecule has 0 rings (SSSR count). The second kappa shape index (κ2) is 4.55. The van der Waals surface area contributed by atoms with Gasteiger partial charge in [-0.1, -0.05) is 0 Å². The van der Waals surface area contributed by atoms with Crippen LogP contribution >= 0.6 is 0 Å². The van der Waals surface area contributed by atoms with Crippen LogP contribution in [0, 0.1) is 0 Å². The minimum Gasteiger partial charge on any atom is -0.460 e. The van der Waals surface area contributed by atoms with Crippen molar-refractivity contribution in [2.75, 3.05) is 0 Å². The van der Waals surface area contributed by atoms with Crippen LogP contribution in [0.25, 0.3) is 0 Å². The normalized spacial score (nSPS) is 13.9. The molecule has 0 aliphatic rings. The number of carbonyl (C=O) groups is 1. The second-order valence-electron chi connectivity index (χ2n) is 3.95. The van der Waals surface area contributed by atoms with Gasteiger partial charge < -0.3 is 10.5 Å². The highest BCUT2D eigenvalue weighted by Crippen LogP contribution is 2.28. The van der Waals surface area contributed by atoms with Gasteiger partial charge in [0.05, 0.1) is 12.0 Å². The maximum Gasteiger partial charge on any atom is 0.414 e. The number of hydrogen-bond acceptors (Lipinski definition) is 3. The summed E-state index contributed by atoms with van der Waals surface area (Å²) >= 11 is 0. The van der Waals surface area contributed by atoms with Gasteiger partial charge in [-0.25, -0.2) is 0 Å². The van der Waals surface area contributed by atoms with E-state index in [0.717, 1.165) is 0 Å². The summed E-state index contributed by atoms with van der Waals surface area (Å²) in [6, 6.07) is 0. The first-order valence-electron chi connectivity index (χ1n) is 4.26. The molecule has 3 nitrogen and oxygen atoms in total. The van der Waals surface area contributed by atoms with Crippen molar-refractivity contribution < 1.29 is 22.7 Å². The first kappa shape index (κ1) is 13.8. The van der Waals surface area contributed by atoms with Crippen LogP contribution in [0.15, 0.2) is 11.8 Å². The van der Waals surface area contributed by atoms with Gasteiger partial charge >= 0.3 is 12.1 Å². The molecule has 0 amide bonds. The van der Waals surface area contributed by atoms with E-state index >= 15 is 0 Å². The molecule has 0 saturated heterocycles. The summed E-state index contributed by atoms with van der Waals surface area (Å²) in [6.07, 6.45) is -5.08. The molecule has 0 spiro atoms. The topological polar surface area (TPSA) is 52.3 Å². The van der Waals surface area contributed by atoms with Crippen molar-refractivity contribution in [2.24, 2.45) is 5.73 Å². The van der Waals surface area contributed by atoms with Crippen molar-refractivity contribution in [2.45, 2.75) is 39.0 Å². The number of hydrogen-bond donors (Lipinski definition) is 1. The van der Waals surface area contributed by atoms with E-state index in [1.807, 2.05) is 0 Å². The largest absolute Gasteiger partial charge is 0.460 e. The van der Waals surface area contributed by atoms with Crippen LogP contribution in [-0.2, 0) is 9.53 Å². The number of ether oxygens (including phenoxy) is 1. The van der Waals surface area contributed by atoms with Gasteiger partial charge in [0.15, 0.2) is 0 Å². The van der Waals surface area contributed by atoms with Crippen LogP contribution in [0.2, 0.25) is 0 Å².